The summed E-state index contributed by atoms with van der Waals surface area (Å²) >= 11 is 0. The highest BCUT2D eigenvalue weighted by atomic mass is 28.4. The van der Waals surface area contributed by atoms with E-state index in [4.69, 9.17) is 9.16 Å². The highest BCUT2D eigenvalue weighted by Crippen LogP contribution is 2.27. The van der Waals surface area contributed by atoms with E-state index in [9.17, 15) is 0 Å². The van der Waals surface area contributed by atoms with Crippen molar-refractivity contribution in [3.63, 3.8) is 0 Å². The predicted octanol–water partition coefficient (Wildman–Crippen LogP) is 5.06. The summed E-state index contributed by atoms with van der Waals surface area (Å²) in [7, 11) is 0.0952. The van der Waals surface area contributed by atoms with Crippen LogP contribution in [0.5, 0.6) is 5.75 Å². The molecule has 106 valence electrons. The molecule has 0 atom stereocenters. The fourth-order valence-electron chi connectivity index (χ4n) is 2.12. The van der Waals surface area contributed by atoms with Crippen LogP contribution < -0.4 is 4.74 Å². The molecule has 0 bridgehead atoms. The van der Waals surface area contributed by atoms with Gasteiger partial charge in [0.15, 0.2) is 0 Å². The van der Waals surface area contributed by atoms with E-state index in [-0.39, 0.29) is 0 Å². The standard InChI is InChI=1S/C17H22O2Si/c1-6-17(19-20(3,4)5)15-8-7-14-12-16(18-2)10-9-13(14)11-15/h6-12H,1-5H3/b17-6-. The van der Waals surface area contributed by atoms with E-state index in [2.05, 4.69) is 43.9 Å². The maximum absolute atomic E-state index is 6.14. The summed E-state index contributed by atoms with van der Waals surface area (Å²) in [6.07, 6.45) is 2.04. The predicted molar refractivity (Wildman–Crippen MR) is 88.6 cm³/mol. The van der Waals surface area contributed by atoms with Crippen molar-refractivity contribution in [1.82, 2.24) is 0 Å². The highest BCUT2D eigenvalue weighted by Gasteiger charge is 2.18. The Morgan fingerprint density at radius 3 is 2.25 bits per heavy atom. The highest BCUT2D eigenvalue weighted by molar-refractivity contribution is 6.70. The second-order valence-electron chi connectivity index (χ2n) is 5.80. The lowest BCUT2D eigenvalue weighted by molar-refractivity contribution is 0.415. The fraction of sp³-hybridized carbons (Fsp3) is 0.294. The molecular weight excluding hydrogens is 264 g/mol. The van der Waals surface area contributed by atoms with Crippen molar-refractivity contribution in [2.24, 2.45) is 0 Å². The fourth-order valence-corrected chi connectivity index (χ4v) is 3.01. The van der Waals surface area contributed by atoms with Crippen LogP contribution in [0, 0.1) is 0 Å². The van der Waals surface area contributed by atoms with Crippen LogP contribution in [0.15, 0.2) is 42.5 Å². The number of hydrogen-bond acceptors (Lipinski definition) is 2. The van der Waals surface area contributed by atoms with Gasteiger partial charge in [-0.05, 0) is 61.6 Å². The van der Waals surface area contributed by atoms with E-state index in [0.717, 1.165) is 17.1 Å². The van der Waals surface area contributed by atoms with Crippen molar-refractivity contribution in [3.8, 4) is 5.75 Å². The molecule has 0 radical (unpaired) electrons. The Morgan fingerprint density at radius 1 is 1.00 bits per heavy atom. The first-order chi connectivity index (χ1) is 9.43. The van der Waals surface area contributed by atoms with Gasteiger partial charge in [-0.1, -0.05) is 18.2 Å². The molecule has 2 nitrogen and oxygen atoms in total. The van der Waals surface area contributed by atoms with Crippen LogP contribution in [0.1, 0.15) is 12.5 Å². The average Bonchev–Trinajstić information content (AvgIpc) is 2.42. The zero-order valence-electron chi connectivity index (χ0n) is 12.9. The number of hydrogen-bond donors (Lipinski definition) is 0. The van der Waals surface area contributed by atoms with Gasteiger partial charge in [0.05, 0.1) is 7.11 Å². The largest absolute Gasteiger partial charge is 0.544 e. The van der Waals surface area contributed by atoms with E-state index >= 15 is 0 Å². The molecule has 0 aromatic heterocycles. The third-order valence-electron chi connectivity index (χ3n) is 3.01. The van der Waals surface area contributed by atoms with Crippen molar-refractivity contribution in [1.29, 1.82) is 0 Å². The number of allylic oxidation sites excluding steroid dienone is 1. The molecule has 2 rings (SSSR count). The summed E-state index contributed by atoms with van der Waals surface area (Å²) in [4.78, 5) is 0. The molecule has 0 heterocycles. The maximum Gasteiger partial charge on any atom is 0.242 e. The van der Waals surface area contributed by atoms with E-state index in [1.54, 1.807) is 7.11 Å². The van der Waals surface area contributed by atoms with Gasteiger partial charge in [0.25, 0.3) is 0 Å². The smallest absolute Gasteiger partial charge is 0.242 e. The van der Waals surface area contributed by atoms with Gasteiger partial charge in [-0.15, -0.1) is 0 Å². The molecule has 3 heteroatoms. The van der Waals surface area contributed by atoms with Crippen molar-refractivity contribution in [2.75, 3.05) is 7.11 Å². The number of methoxy groups -OCH3 is 1. The van der Waals surface area contributed by atoms with Crippen LogP contribution in [-0.4, -0.2) is 15.4 Å². The molecule has 0 fully saturated rings. The zero-order valence-corrected chi connectivity index (χ0v) is 13.9. The Morgan fingerprint density at radius 2 is 1.65 bits per heavy atom. The molecule has 0 saturated heterocycles. The Bertz CT molecular complexity index is 639. The molecular formula is C17H22O2Si. The Kier molecular flexibility index (Phi) is 4.19. The summed E-state index contributed by atoms with van der Waals surface area (Å²) < 4.78 is 11.4. The van der Waals surface area contributed by atoms with Gasteiger partial charge in [0.2, 0.25) is 8.32 Å². The molecule has 0 saturated carbocycles. The molecule has 2 aromatic rings. The summed E-state index contributed by atoms with van der Waals surface area (Å²) in [5.74, 6) is 1.86. The third kappa shape index (κ3) is 3.42. The average molecular weight is 286 g/mol. The first-order valence-corrected chi connectivity index (χ1v) is 10.3. The van der Waals surface area contributed by atoms with Crippen LogP contribution >= 0.6 is 0 Å². The first-order valence-electron chi connectivity index (χ1n) is 6.86. The lowest BCUT2D eigenvalue weighted by Gasteiger charge is -2.22. The minimum absolute atomic E-state index is 0.884. The first kappa shape index (κ1) is 14.7. The van der Waals surface area contributed by atoms with Crippen molar-refractivity contribution in [2.45, 2.75) is 26.6 Å². The molecule has 2 aromatic carbocycles. The molecule has 0 unspecified atom stereocenters. The minimum Gasteiger partial charge on any atom is -0.544 e. The topological polar surface area (TPSA) is 18.5 Å². The van der Waals surface area contributed by atoms with E-state index < -0.39 is 8.32 Å². The lowest BCUT2D eigenvalue weighted by Crippen LogP contribution is -2.24. The molecule has 0 N–H and O–H groups in total. The van der Waals surface area contributed by atoms with Crippen molar-refractivity contribution in [3.05, 3.63) is 48.0 Å². The van der Waals surface area contributed by atoms with Crippen molar-refractivity contribution >= 4 is 24.8 Å². The van der Waals surface area contributed by atoms with E-state index in [1.165, 1.54) is 10.8 Å². The van der Waals surface area contributed by atoms with Gasteiger partial charge >= 0.3 is 0 Å². The Hall–Kier alpha value is -1.74. The van der Waals surface area contributed by atoms with Gasteiger partial charge in [0.1, 0.15) is 11.5 Å². The molecule has 0 amide bonds. The van der Waals surface area contributed by atoms with Gasteiger partial charge in [-0.25, -0.2) is 0 Å². The SMILES string of the molecule is C/C=C(\O[Si](C)(C)C)c1ccc2cc(OC)ccc2c1. The number of ether oxygens (including phenoxy) is 1. The zero-order chi connectivity index (χ0) is 14.8. The van der Waals surface area contributed by atoms with Gasteiger partial charge < -0.3 is 9.16 Å². The summed E-state index contributed by atoms with van der Waals surface area (Å²) in [5, 5.41) is 2.37. The molecule has 0 aliphatic rings. The van der Waals surface area contributed by atoms with Crippen molar-refractivity contribution < 1.29 is 9.16 Å². The molecule has 0 aliphatic heterocycles. The molecule has 20 heavy (non-hydrogen) atoms. The summed E-state index contributed by atoms with van der Waals surface area (Å²) in [6, 6.07) is 12.5. The van der Waals surface area contributed by atoms with Crippen LogP contribution in [-0.2, 0) is 4.43 Å². The maximum atomic E-state index is 6.14. The second-order valence-corrected chi connectivity index (χ2v) is 10.2. The van der Waals surface area contributed by atoms with Crippen LogP contribution in [0.25, 0.3) is 16.5 Å². The van der Waals surface area contributed by atoms with E-state index in [1.807, 2.05) is 25.1 Å². The number of rotatable bonds is 4. The number of fused-ring (bicyclic) bond motifs is 1. The third-order valence-corrected chi connectivity index (χ3v) is 3.84. The molecule has 0 spiro atoms. The quantitative estimate of drug-likeness (QED) is 0.577. The minimum atomic E-state index is -1.59. The normalized spacial score (nSPS) is 12.6. The monoisotopic (exact) mass is 286 g/mol. The van der Waals surface area contributed by atoms with Gasteiger partial charge in [0, 0.05) is 5.56 Å². The van der Waals surface area contributed by atoms with Gasteiger partial charge in [-0.2, -0.15) is 0 Å². The summed E-state index contributed by atoms with van der Waals surface area (Å²) in [6.45, 7) is 8.61. The van der Waals surface area contributed by atoms with Crippen LogP contribution in [0.3, 0.4) is 0 Å². The van der Waals surface area contributed by atoms with Crippen LogP contribution in [0.4, 0.5) is 0 Å². The number of benzene rings is 2. The summed E-state index contributed by atoms with van der Waals surface area (Å²) in [5.41, 5.74) is 1.13. The Labute approximate surface area is 122 Å². The second kappa shape index (κ2) is 5.71. The van der Waals surface area contributed by atoms with Crippen LogP contribution in [0.2, 0.25) is 19.6 Å². The molecule has 0 aliphatic carbocycles. The van der Waals surface area contributed by atoms with E-state index in [0.29, 0.717) is 0 Å². The van der Waals surface area contributed by atoms with Gasteiger partial charge in [-0.3, -0.25) is 0 Å². The lowest BCUT2D eigenvalue weighted by atomic mass is 10.1. The Balaban J connectivity index is 2.40.